The van der Waals surface area contributed by atoms with E-state index < -0.39 is 12.0 Å². The van der Waals surface area contributed by atoms with E-state index in [1.165, 1.54) is 0 Å². The van der Waals surface area contributed by atoms with Gasteiger partial charge in [0.25, 0.3) is 0 Å². The molecule has 3 N–H and O–H groups in total. The van der Waals surface area contributed by atoms with E-state index in [1.807, 2.05) is 18.2 Å². The lowest BCUT2D eigenvalue weighted by molar-refractivity contribution is -0.138. The summed E-state index contributed by atoms with van der Waals surface area (Å²) in [7, 11) is 0. The summed E-state index contributed by atoms with van der Waals surface area (Å²) in [5, 5.41) is 8.81. The quantitative estimate of drug-likeness (QED) is 0.869. The maximum atomic E-state index is 10.7. The molecule has 19 heavy (non-hydrogen) atoms. The van der Waals surface area contributed by atoms with E-state index in [-0.39, 0.29) is 0 Å². The van der Waals surface area contributed by atoms with Crippen molar-refractivity contribution in [3.63, 3.8) is 0 Å². The lowest BCUT2D eigenvalue weighted by Gasteiger charge is -2.29. The molecule has 1 saturated heterocycles. The molecule has 0 amide bonds. The molecular weight excluding hydrogens is 312 g/mol. The smallest absolute Gasteiger partial charge is 0.320 e. The van der Waals surface area contributed by atoms with E-state index in [4.69, 9.17) is 15.6 Å². The van der Waals surface area contributed by atoms with Crippen LogP contribution in [0.2, 0.25) is 0 Å². The van der Waals surface area contributed by atoms with Crippen LogP contribution in [0.3, 0.4) is 0 Å². The standard InChI is InChI=1S/C13H17BrN2O3/c14-10-7-9(8-11(15)13(17)18)1-2-12(10)16-3-5-19-6-4-16/h1-2,7,11H,3-6,8,15H2,(H,17,18). The van der Waals surface area contributed by atoms with Crippen molar-refractivity contribution in [1.82, 2.24) is 0 Å². The highest BCUT2D eigenvalue weighted by Crippen LogP contribution is 2.28. The predicted molar refractivity (Wildman–Crippen MR) is 76.5 cm³/mol. The van der Waals surface area contributed by atoms with Crippen LogP contribution in [0.4, 0.5) is 5.69 Å². The second-order valence-corrected chi connectivity index (χ2v) is 5.39. The third-order valence-corrected chi connectivity index (χ3v) is 3.77. The number of benzene rings is 1. The van der Waals surface area contributed by atoms with Crippen LogP contribution in [0.15, 0.2) is 22.7 Å². The highest BCUT2D eigenvalue weighted by Gasteiger charge is 2.16. The number of carboxylic acids is 1. The average Bonchev–Trinajstić information content (AvgIpc) is 2.39. The second-order valence-electron chi connectivity index (χ2n) is 4.53. The van der Waals surface area contributed by atoms with Crippen LogP contribution in [0, 0.1) is 0 Å². The summed E-state index contributed by atoms with van der Waals surface area (Å²) in [6.07, 6.45) is 0.331. The van der Waals surface area contributed by atoms with Crippen LogP contribution in [0.25, 0.3) is 0 Å². The minimum Gasteiger partial charge on any atom is -0.480 e. The summed E-state index contributed by atoms with van der Waals surface area (Å²) in [6, 6.07) is 5.01. The number of carboxylic acid groups (broad SMARTS) is 1. The van der Waals surface area contributed by atoms with Crippen LogP contribution >= 0.6 is 15.9 Å². The number of halogens is 1. The Morgan fingerprint density at radius 2 is 2.16 bits per heavy atom. The number of aliphatic carboxylic acids is 1. The molecule has 6 heteroatoms. The maximum Gasteiger partial charge on any atom is 0.320 e. The molecule has 1 aliphatic rings. The normalized spacial score (nSPS) is 17.3. The Kier molecular flexibility index (Phi) is 4.79. The molecule has 1 aromatic carbocycles. The van der Waals surface area contributed by atoms with Gasteiger partial charge in [0.05, 0.1) is 18.9 Å². The fraction of sp³-hybridized carbons (Fsp3) is 0.462. The molecule has 1 aliphatic heterocycles. The van der Waals surface area contributed by atoms with E-state index in [1.54, 1.807) is 0 Å². The van der Waals surface area contributed by atoms with Crippen molar-refractivity contribution in [3.8, 4) is 0 Å². The van der Waals surface area contributed by atoms with Gasteiger partial charge in [0, 0.05) is 17.6 Å². The van der Waals surface area contributed by atoms with Crippen LogP contribution in [-0.4, -0.2) is 43.4 Å². The van der Waals surface area contributed by atoms with Crippen LogP contribution in [-0.2, 0) is 16.0 Å². The fourth-order valence-corrected chi connectivity index (χ4v) is 2.76. The van der Waals surface area contributed by atoms with E-state index in [9.17, 15) is 4.79 Å². The Hall–Kier alpha value is -1.11. The first kappa shape index (κ1) is 14.3. The van der Waals surface area contributed by atoms with Crippen LogP contribution < -0.4 is 10.6 Å². The lowest BCUT2D eigenvalue weighted by atomic mass is 10.1. The molecule has 1 aromatic rings. The summed E-state index contributed by atoms with van der Waals surface area (Å²) < 4.78 is 6.29. The molecule has 1 atom stereocenters. The molecular formula is C13H17BrN2O3. The topological polar surface area (TPSA) is 75.8 Å². The molecule has 1 fully saturated rings. The van der Waals surface area contributed by atoms with Gasteiger partial charge in [-0.25, -0.2) is 0 Å². The number of hydrogen-bond donors (Lipinski definition) is 2. The average molecular weight is 329 g/mol. The van der Waals surface area contributed by atoms with Crippen molar-refractivity contribution in [1.29, 1.82) is 0 Å². The van der Waals surface area contributed by atoms with Gasteiger partial charge in [-0.05, 0) is 40.0 Å². The summed E-state index contributed by atoms with van der Waals surface area (Å²) in [4.78, 5) is 13.0. The predicted octanol–water partition coefficient (Wildman–Crippen LogP) is 1.24. The van der Waals surface area contributed by atoms with Crippen LogP contribution in [0.1, 0.15) is 5.56 Å². The Morgan fingerprint density at radius 1 is 1.47 bits per heavy atom. The molecule has 0 spiro atoms. The van der Waals surface area contributed by atoms with Crippen molar-refractivity contribution in [2.45, 2.75) is 12.5 Å². The zero-order valence-electron chi connectivity index (χ0n) is 10.5. The Morgan fingerprint density at radius 3 is 2.74 bits per heavy atom. The third-order valence-electron chi connectivity index (χ3n) is 3.14. The number of nitrogens with zero attached hydrogens (tertiary/aromatic N) is 1. The number of ether oxygens (including phenoxy) is 1. The van der Waals surface area contributed by atoms with Gasteiger partial charge in [0.15, 0.2) is 0 Å². The minimum atomic E-state index is -0.978. The molecule has 1 unspecified atom stereocenters. The SMILES string of the molecule is NC(Cc1ccc(N2CCOCC2)c(Br)c1)C(=O)O. The molecule has 104 valence electrons. The first-order chi connectivity index (χ1) is 9.08. The Balaban J connectivity index is 2.10. The molecule has 0 bridgehead atoms. The third kappa shape index (κ3) is 3.68. The van der Waals surface area contributed by atoms with Crippen molar-refractivity contribution in [3.05, 3.63) is 28.2 Å². The summed E-state index contributed by atoms with van der Waals surface area (Å²) in [5.41, 5.74) is 7.56. The molecule has 2 rings (SSSR count). The number of carbonyl (C=O) groups is 1. The summed E-state index contributed by atoms with van der Waals surface area (Å²) >= 11 is 3.54. The molecule has 1 heterocycles. The Labute approximate surface area is 120 Å². The molecule has 5 nitrogen and oxygen atoms in total. The van der Waals surface area contributed by atoms with Gasteiger partial charge in [-0.3, -0.25) is 4.79 Å². The molecule has 0 saturated carbocycles. The number of nitrogens with two attached hydrogens (primary N) is 1. The van der Waals surface area contributed by atoms with Gasteiger partial charge in [0.1, 0.15) is 6.04 Å². The fourth-order valence-electron chi connectivity index (χ4n) is 2.08. The van der Waals surface area contributed by atoms with E-state index >= 15 is 0 Å². The molecule has 0 radical (unpaired) electrons. The van der Waals surface area contributed by atoms with Gasteiger partial charge < -0.3 is 20.5 Å². The van der Waals surface area contributed by atoms with Crippen molar-refractivity contribution < 1.29 is 14.6 Å². The first-order valence-electron chi connectivity index (χ1n) is 6.17. The molecule has 0 aromatic heterocycles. The van der Waals surface area contributed by atoms with E-state index in [0.717, 1.165) is 42.0 Å². The van der Waals surface area contributed by atoms with Gasteiger partial charge in [-0.1, -0.05) is 6.07 Å². The monoisotopic (exact) mass is 328 g/mol. The van der Waals surface area contributed by atoms with Crippen LogP contribution in [0.5, 0.6) is 0 Å². The lowest BCUT2D eigenvalue weighted by Crippen LogP contribution is -2.36. The van der Waals surface area contributed by atoms with E-state index in [2.05, 4.69) is 20.8 Å². The number of anilines is 1. The second kappa shape index (κ2) is 6.36. The summed E-state index contributed by atoms with van der Waals surface area (Å²) in [6.45, 7) is 3.20. The van der Waals surface area contributed by atoms with Crippen molar-refractivity contribution >= 4 is 27.6 Å². The van der Waals surface area contributed by atoms with Crippen molar-refractivity contribution in [2.24, 2.45) is 5.73 Å². The largest absolute Gasteiger partial charge is 0.480 e. The minimum absolute atomic E-state index is 0.331. The van der Waals surface area contributed by atoms with Gasteiger partial charge >= 0.3 is 5.97 Å². The number of morpholine rings is 1. The Bertz CT molecular complexity index is 461. The zero-order valence-corrected chi connectivity index (χ0v) is 12.1. The van der Waals surface area contributed by atoms with Gasteiger partial charge in [0.2, 0.25) is 0 Å². The van der Waals surface area contributed by atoms with Gasteiger partial charge in [-0.15, -0.1) is 0 Å². The highest BCUT2D eigenvalue weighted by molar-refractivity contribution is 9.10. The van der Waals surface area contributed by atoms with Gasteiger partial charge in [-0.2, -0.15) is 0 Å². The molecule has 0 aliphatic carbocycles. The first-order valence-corrected chi connectivity index (χ1v) is 6.96. The number of rotatable bonds is 4. The maximum absolute atomic E-state index is 10.7. The number of hydrogen-bond acceptors (Lipinski definition) is 4. The van der Waals surface area contributed by atoms with E-state index in [0.29, 0.717) is 6.42 Å². The highest BCUT2D eigenvalue weighted by atomic mass is 79.9. The summed E-state index contributed by atoms with van der Waals surface area (Å²) in [5.74, 6) is -0.978. The zero-order chi connectivity index (χ0) is 13.8. The van der Waals surface area contributed by atoms with Crippen molar-refractivity contribution in [2.75, 3.05) is 31.2 Å².